The van der Waals surface area contributed by atoms with Gasteiger partial charge in [-0.15, -0.1) is 0 Å². The van der Waals surface area contributed by atoms with E-state index in [4.69, 9.17) is 0 Å². The Morgan fingerprint density at radius 1 is 1.00 bits per heavy atom. The van der Waals surface area contributed by atoms with E-state index in [0.29, 0.717) is 17.5 Å². The number of carbonyl (C=O) groups is 1. The molecule has 7 nitrogen and oxygen atoms in total. The van der Waals surface area contributed by atoms with Gasteiger partial charge in [-0.3, -0.25) is 14.9 Å². The number of carbonyl (C=O) groups excluding carboxylic acids is 1. The number of benzene rings is 3. The molecule has 164 valence electrons. The summed E-state index contributed by atoms with van der Waals surface area (Å²) in [5, 5.41) is 10.9. The quantitative estimate of drug-likeness (QED) is 0.313. The van der Waals surface area contributed by atoms with E-state index in [1.807, 2.05) is 0 Å². The topological polar surface area (TPSA) is 97.6 Å². The van der Waals surface area contributed by atoms with Gasteiger partial charge in [0, 0.05) is 12.1 Å². The maximum absolute atomic E-state index is 13.6. The van der Waals surface area contributed by atoms with Crippen LogP contribution < -0.4 is 0 Å². The van der Waals surface area contributed by atoms with E-state index in [1.165, 1.54) is 24.3 Å². The number of non-ortho nitro benzene ring substituents is 1. The summed E-state index contributed by atoms with van der Waals surface area (Å²) < 4.78 is 41.3. The number of sulfonamides is 1. The molecule has 0 aromatic heterocycles. The summed E-state index contributed by atoms with van der Waals surface area (Å²) in [7, 11) is -4.32. The number of amides is 1. The smallest absolute Gasteiger partial charge is 0.269 e. The van der Waals surface area contributed by atoms with Crippen molar-refractivity contribution in [1.29, 1.82) is 0 Å². The largest absolute Gasteiger partial charge is 0.273 e. The molecule has 3 aromatic carbocycles. The van der Waals surface area contributed by atoms with E-state index in [2.05, 4.69) is 0 Å². The molecule has 1 fully saturated rings. The Hall–Kier alpha value is -3.59. The number of β-lactam (4-membered cyclic amide) rings is 1. The van der Waals surface area contributed by atoms with E-state index >= 15 is 0 Å². The van der Waals surface area contributed by atoms with Crippen LogP contribution in [0, 0.1) is 15.9 Å². The van der Waals surface area contributed by atoms with Gasteiger partial charge in [-0.2, -0.15) is 0 Å². The summed E-state index contributed by atoms with van der Waals surface area (Å²) in [6, 6.07) is 17.7. The molecule has 3 aromatic rings. The Bertz CT molecular complexity index is 1280. The van der Waals surface area contributed by atoms with Crippen molar-refractivity contribution < 1.29 is 22.5 Å². The lowest BCUT2D eigenvalue weighted by Crippen LogP contribution is -2.67. The molecule has 0 radical (unpaired) electrons. The highest BCUT2D eigenvalue weighted by atomic mass is 32.2. The summed E-state index contributed by atoms with van der Waals surface area (Å²) in [5.41, 5.74) is -0.271. The number of rotatable bonds is 6. The van der Waals surface area contributed by atoms with Crippen molar-refractivity contribution in [3.05, 3.63) is 106 Å². The fourth-order valence-corrected chi connectivity index (χ4v) is 5.96. The lowest BCUT2D eigenvalue weighted by Gasteiger charge is -2.55. The van der Waals surface area contributed by atoms with Crippen LogP contribution in [0.1, 0.15) is 30.5 Å². The van der Waals surface area contributed by atoms with Crippen molar-refractivity contribution in [2.45, 2.75) is 29.7 Å². The van der Waals surface area contributed by atoms with Crippen molar-refractivity contribution in [2.75, 3.05) is 0 Å². The normalized spacial score (nSPS) is 20.6. The summed E-state index contributed by atoms with van der Waals surface area (Å²) >= 11 is 0. The third-order valence-corrected chi connectivity index (χ3v) is 7.68. The zero-order valence-corrected chi connectivity index (χ0v) is 17.8. The van der Waals surface area contributed by atoms with E-state index in [1.54, 1.807) is 37.3 Å². The molecule has 0 unspecified atom stereocenters. The average Bonchev–Trinajstić information content (AvgIpc) is 2.79. The minimum Gasteiger partial charge on any atom is -0.273 e. The monoisotopic (exact) mass is 454 g/mol. The molecule has 1 amide bonds. The van der Waals surface area contributed by atoms with Gasteiger partial charge in [0.25, 0.3) is 15.7 Å². The van der Waals surface area contributed by atoms with E-state index in [-0.39, 0.29) is 10.6 Å². The van der Waals surface area contributed by atoms with Crippen LogP contribution in [-0.4, -0.2) is 23.6 Å². The average molecular weight is 454 g/mol. The van der Waals surface area contributed by atoms with Gasteiger partial charge in [0.15, 0.2) is 0 Å². The lowest BCUT2D eigenvalue weighted by molar-refractivity contribution is -0.384. The molecule has 0 N–H and O–H groups in total. The third-order valence-electron chi connectivity index (χ3n) is 5.92. The Labute approximate surface area is 184 Å². The fourth-order valence-electron chi connectivity index (χ4n) is 4.30. The second-order valence-corrected chi connectivity index (χ2v) is 9.32. The van der Waals surface area contributed by atoms with Crippen LogP contribution in [0.5, 0.6) is 0 Å². The first-order chi connectivity index (χ1) is 15.2. The first-order valence-electron chi connectivity index (χ1n) is 9.88. The minimum atomic E-state index is -4.32. The number of hydrogen-bond acceptors (Lipinski definition) is 5. The van der Waals surface area contributed by atoms with E-state index < -0.39 is 38.1 Å². The highest BCUT2D eigenvalue weighted by molar-refractivity contribution is 7.89. The minimum absolute atomic E-state index is 0.235. The molecule has 1 heterocycles. The molecule has 0 spiro atoms. The molecule has 4 rings (SSSR count). The molecular weight excluding hydrogens is 435 g/mol. The van der Waals surface area contributed by atoms with Crippen LogP contribution in [0.4, 0.5) is 10.1 Å². The first kappa shape index (κ1) is 21.6. The number of nitro groups is 1. The highest BCUT2D eigenvalue weighted by Gasteiger charge is 2.65. The summed E-state index contributed by atoms with van der Waals surface area (Å²) in [6.45, 7) is 1.80. The molecule has 0 saturated carbocycles. The fraction of sp³-hybridized carbons (Fsp3) is 0.174. The zero-order chi connectivity index (χ0) is 23.1. The number of hydrogen-bond donors (Lipinski definition) is 0. The maximum Gasteiger partial charge on any atom is 0.269 e. The third kappa shape index (κ3) is 3.16. The molecule has 1 aliphatic heterocycles. The highest BCUT2D eigenvalue weighted by Crippen LogP contribution is 2.56. The summed E-state index contributed by atoms with van der Waals surface area (Å²) in [5.74, 6) is -1.08. The predicted molar refractivity (Wildman–Crippen MR) is 115 cm³/mol. The predicted octanol–water partition coefficient (Wildman–Crippen LogP) is 4.35. The second-order valence-electron chi connectivity index (χ2n) is 7.50. The lowest BCUT2D eigenvalue weighted by atomic mass is 9.63. The Balaban J connectivity index is 1.86. The van der Waals surface area contributed by atoms with Gasteiger partial charge in [0.05, 0.1) is 15.9 Å². The molecule has 0 bridgehead atoms. The van der Waals surface area contributed by atoms with Gasteiger partial charge in [0.2, 0.25) is 5.91 Å². The second kappa shape index (κ2) is 7.83. The molecule has 2 atom stereocenters. The maximum atomic E-state index is 13.6. The van der Waals surface area contributed by atoms with Crippen LogP contribution >= 0.6 is 0 Å². The molecular formula is C23H19FN2O5S. The molecule has 1 aliphatic rings. The standard InChI is InChI=1S/C23H19FN2O5S/c1-2-23(17-6-4-3-5-7-17)21(16-8-10-18(24)11-9-16)25(22(23)27)32(30,31)20-14-12-19(13-15-20)26(28)29/h3-15,21H,2H2,1H3/t21-,23-/m0/s1. The van der Waals surface area contributed by atoms with Gasteiger partial charge < -0.3 is 0 Å². The van der Waals surface area contributed by atoms with Crippen LogP contribution in [0.3, 0.4) is 0 Å². The van der Waals surface area contributed by atoms with Gasteiger partial charge in [0.1, 0.15) is 11.2 Å². The Kier molecular flexibility index (Phi) is 5.29. The van der Waals surface area contributed by atoms with E-state index in [9.17, 15) is 27.7 Å². The van der Waals surface area contributed by atoms with Crippen LogP contribution in [0.25, 0.3) is 0 Å². The molecule has 32 heavy (non-hydrogen) atoms. The van der Waals surface area contributed by atoms with Crippen LogP contribution in [-0.2, 0) is 20.2 Å². The van der Waals surface area contributed by atoms with Crippen molar-refractivity contribution in [3.8, 4) is 0 Å². The van der Waals surface area contributed by atoms with Crippen molar-refractivity contribution >= 4 is 21.6 Å². The molecule has 0 aliphatic carbocycles. The van der Waals surface area contributed by atoms with Crippen molar-refractivity contribution in [3.63, 3.8) is 0 Å². The zero-order valence-electron chi connectivity index (χ0n) is 17.0. The number of nitro benzene ring substituents is 1. The van der Waals surface area contributed by atoms with Gasteiger partial charge in [-0.05, 0) is 41.8 Å². The Morgan fingerprint density at radius 2 is 1.59 bits per heavy atom. The summed E-state index contributed by atoms with van der Waals surface area (Å²) in [4.78, 5) is 23.6. The van der Waals surface area contributed by atoms with E-state index in [0.717, 1.165) is 28.6 Å². The van der Waals surface area contributed by atoms with Gasteiger partial charge in [-0.1, -0.05) is 49.4 Å². The number of halogens is 1. The van der Waals surface area contributed by atoms with Gasteiger partial charge >= 0.3 is 0 Å². The SMILES string of the molecule is CC[C@@]1(c2ccccc2)C(=O)N(S(=O)(=O)c2ccc([N+](=O)[O-])cc2)[C@H]1c1ccc(F)cc1. The van der Waals surface area contributed by atoms with Gasteiger partial charge in [-0.25, -0.2) is 17.1 Å². The summed E-state index contributed by atoms with van der Waals surface area (Å²) in [6.07, 6.45) is 0.324. The first-order valence-corrected chi connectivity index (χ1v) is 11.3. The van der Waals surface area contributed by atoms with Crippen LogP contribution in [0.15, 0.2) is 83.8 Å². The van der Waals surface area contributed by atoms with Crippen molar-refractivity contribution in [2.24, 2.45) is 0 Å². The Morgan fingerprint density at radius 3 is 2.12 bits per heavy atom. The molecule has 1 saturated heterocycles. The molecule has 9 heteroatoms. The van der Waals surface area contributed by atoms with Crippen LogP contribution in [0.2, 0.25) is 0 Å². The number of nitrogens with zero attached hydrogens (tertiary/aromatic N) is 2. The van der Waals surface area contributed by atoms with Crippen molar-refractivity contribution in [1.82, 2.24) is 4.31 Å².